The summed E-state index contributed by atoms with van der Waals surface area (Å²) in [6.07, 6.45) is 4.61. The van der Waals surface area contributed by atoms with Crippen molar-refractivity contribution in [1.82, 2.24) is 0 Å². The maximum Gasteiger partial charge on any atom is 0.0542 e. The summed E-state index contributed by atoms with van der Waals surface area (Å²) < 4.78 is 0. The van der Waals surface area contributed by atoms with Crippen LogP contribution in [0.5, 0.6) is 0 Å². The van der Waals surface area contributed by atoms with Gasteiger partial charge in [0.25, 0.3) is 0 Å². The van der Waals surface area contributed by atoms with Crippen LogP contribution in [0.15, 0.2) is 0 Å². The number of hydrogen-bond donors (Lipinski definition) is 1. The van der Waals surface area contributed by atoms with Crippen LogP contribution < -0.4 is 0 Å². The average molecular weight is 114 g/mol. The predicted molar refractivity (Wildman–Crippen MR) is 33.6 cm³/mol. The summed E-state index contributed by atoms with van der Waals surface area (Å²) >= 11 is 0. The molecule has 8 heavy (non-hydrogen) atoms. The van der Waals surface area contributed by atoms with Gasteiger partial charge in [0, 0.05) is 0 Å². The van der Waals surface area contributed by atoms with Crippen molar-refractivity contribution < 1.29 is 5.11 Å². The van der Waals surface area contributed by atoms with Gasteiger partial charge >= 0.3 is 0 Å². The van der Waals surface area contributed by atoms with Gasteiger partial charge in [-0.3, -0.25) is 0 Å². The Hall–Kier alpha value is -0.0400. The highest BCUT2D eigenvalue weighted by Gasteiger charge is 2.15. The Kier molecular flexibility index (Phi) is 1.90. The first kappa shape index (κ1) is 6.09. The van der Waals surface area contributed by atoms with Crippen LogP contribution in [0.2, 0.25) is 0 Å². The highest BCUT2D eigenvalue weighted by atomic mass is 16.3. The Bertz CT molecular complexity index is 62.8. The lowest BCUT2D eigenvalue weighted by molar-refractivity contribution is 0.106. The molecule has 0 amide bonds. The molecule has 1 aliphatic rings. The molecular weight excluding hydrogens is 100 g/mol. The lowest BCUT2D eigenvalue weighted by Crippen LogP contribution is -2.16. The highest BCUT2D eigenvalue weighted by molar-refractivity contribution is 4.67. The molecule has 0 heterocycles. The molecule has 0 bridgehead atoms. The van der Waals surface area contributed by atoms with Crippen molar-refractivity contribution in [3.63, 3.8) is 0 Å². The van der Waals surface area contributed by atoms with Gasteiger partial charge in [0.1, 0.15) is 0 Å². The summed E-state index contributed by atoms with van der Waals surface area (Å²) in [4.78, 5) is 0. The summed E-state index contributed by atoms with van der Waals surface area (Å²) in [7, 11) is 0. The van der Waals surface area contributed by atoms with E-state index in [0.717, 1.165) is 18.8 Å². The van der Waals surface area contributed by atoms with Crippen molar-refractivity contribution in [2.24, 2.45) is 5.92 Å². The molecule has 0 unspecified atom stereocenters. The number of aliphatic hydroxyl groups is 1. The Labute approximate surface area is 50.7 Å². The fraction of sp³-hybridized carbons (Fsp3) is 1.00. The smallest absolute Gasteiger partial charge is 0.0542 e. The van der Waals surface area contributed by atoms with Gasteiger partial charge < -0.3 is 5.11 Å². The van der Waals surface area contributed by atoms with E-state index in [9.17, 15) is 0 Å². The van der Waals surface area contributed by atoms with Crippen molar-refractivity contribution >= 4 is 0 Å². The first-order valence-corrected chi connectivity index (χ1v) is 3.47. The molecule has 0 aromatic heterocycles. The molecule has 0 aromatic carbocycles. The average Bonchev–Trinajstić information content (AvgIpc) is 1.64. The van der Waals surface area contributed by atoms with E-state index in [2.05, 4.69) is 6.92 Å². The zero-order valence-corrected chi connectivity index (χ0v) is 5.43. The predicted octanol–water partition coefficient (Wildman–Crippen LogP) is 1.56. The van der Waals surface area contributed by atoms with Gasteiger partial charge in [-0.05, 0) is 18.8 Å². The third-order valence-electron chi connectivity index (χ3n) is 1.91. The normalized spacial score (nSPS) is 39.8. The third kappa shape index (κ3) is 1.48. The SMILES string of the molecule is C[C@@H]1CCC[C@H](O)C1. The Morgan fingerprint density at radius 2 is 2.12 bits per heavy atom. The van der Waals surface area contributed by atoms with E-state index < -0.39 is 0 Å². The highest BCUT2D eigenvalue weighted by Crippen LogP contribution is 2.22. The van der Waals surface area contributed by atoms with Crippen LogP contribution in [0, 0.1) is 5.92 Å². The fourth-order valence-corrected chi connectivity index (χ4v) is 1.40. The Morgan fingerprint density at radius 3 is 2.50 bits per heavy atom. The largest absolute Gasteiger partial charge is 0.393 e. The van der Waals surface area contributed by atoms with Crippen LogP contribution in [0.25, 0.3) is 0 Å². The van der Waals surface area contributed by atoms with Crippen molar-refractivity contribution in [3.05, 3.63) is 0 Å². The van der Waals surface area contributed by atoms with E-state index in [1.165, 1.54) is 12.8 Å². The minimum Gasteiger partial charge on any atom is -0.393 e. The first-order valence-electron chi connectivity index (χ1n) is 3.47. The maximum absolute atomic E-state index is 9.08. The quantitative estimate of drug-likeness (QED) is 0.506. The molecule has 2 atom stereocenters. The molecule has 1 nitrogen and oxygen atoms in total. The lowest BCUT2D eigenvalue weighted by Gasteiger charge is -2.21. The zero-order chi connectivity index (χ0) is 5.98. The van der Waals surface area contributed by atoms with Crippen LogP contribution in [-0.2, 0) is 0 Å². The van der Waals surface area contributed by atoms with Gasteiger partial charge in [-0.2, -0.15) is 0 Å². The topological polar surface area (TPSA) is 20.2 Å². The molecule has 1 N–H and O–H groups in total. The summed E-state index contributed by atoms with van der Waals surface area (Å²) in [5.41, 5.74) is 0. The van der Waals surface area contributed by atoms with E-state index in [1.54, 1.807) is 0 Å². The third-order valence-corrected chi connectivity index (χ3v) is 1.91. The molecular formula is C7H14O. The zero-order valence-electron chi connectivity index (χ0n) is 5.43. The molecule has 0 aliphatic heterocycles. The Morgan fingerprint density at radius 1 is 1.38 bits per heavy atom. The van der Waals surface area contributed by atoms with Gasteiger partial charge in [-0.25, -0.2) is 0 Å². The summed E-state index contributed by atoms with van der Waals surface area (Å²) in [5.74, 6) is 0.763. The van der Waals surface area contributed by atoms with Crippen molar-refractivity contribution in [1.29, 1.82) is 0 Å². The molecule has 1 aliphatic carbocycles. The summed E-state index contributed by atoms with van der Waals surface area (Å²) in [5, 5.41) is 9.08. The number of aliphatic hydroxyl groups excluding tert-OH is 1. The van der Waals surface area contributed by atoms with Crippen LogP contribution >= 0.6 is 0 Å². The summed E-state index contributed by atoms with van der Waals surface area (Å²) in [6.45, 7) is 2.21. The molecule has 0 spiro atoms. The lowest BCUT2D eigenvalue weighted by atomic mass is 9.89. The van der Waals surface area contributed by atoms with Gasteiger partial charge in [0.2, 0.25) is 0 Å². The molecule has 0 aromatic rings. The molecule has 0 radical (unpaired) electrons. The minimum absolute atomic E-state index is 0.0127. The van der Waals surface area contributed by atoms with Crippen molar-refractivity contribution in [3.8, 4) is 0 Å². The molecule has 1 rings (SSSR count). The molecule has 1 fully saturated rings. The van der Waals surface area contributed by atoms with Crippen LogP contribution in [0.1, 0.15) is 32.6 Å². The van der Waals surface area contributed by atoms with Crippen LogP contribution in [0.3, 0.4) is 0 Å². The van der Waals surface area contributed by atoms with E-state index in [0.29, 0.717) is 0 Å². The molecule has 48 valence electrons. The monoisotopic (exact) mass is 114 g/mol. The second-order valence-corrected chi connectivity index (χ2v) is 2.93. The standard InChI is InChI=1S/C7H14O/c1-6-3-2-4-7(8)5-6/h6-8H,2-5H2,1H3/t6-,7+/m1/s1. The van der Waals surface area contributed by atoms with Crippen LogP contribution in [0.4, 0.5) is 0 Å². The van der Waals surface area contributed by atoms with Crippen molar-refractivity contribution in [2.75, 3.05) is 0 Å². The minimum atomic E-state index is 0.0127. The van der Waals surface area contributed by atoms with E-state index in [-0.39, 0.29) is 6.10 Å². The van der Waals surface area contributed by atoms with Gasteiger partial charge in [-0.1, -0.05) is 19.8 Å². The van der Waals surface area contributed by atoms with Gasteiger partial charge in [0.15, 0.2) is 0 Å². The first-order chi connectivity index (χ1) is 3.79. The molecule has 1 heteroatoms. The molecule has 0 saturated heterocycles. The van der Waals surface area contributed by atoms with Gasteiger partial charge in [-0.15, -0.1) is 0 Å². The fourth-order valence-electron chi connectivity index (χ4n) is 1.40. The van der Waals surface area contributed by atoms with E-state index >= 15 is 0 Å². The van der Waals surface area contributed by atoms with E-state index in [1.807, 2.05) is 0 Å². The van der Waals surface area contributed by atoms with Crippen molar-refractivity contribution in [2.45, 2.75) is 38.7 Å². The molecule has 1 saturated carbocycles. The number of rotatable bonds is 0. The van der Waals surface area contributed by atoms with E-state index in [4.69, 9.17) is 5.11 Å². The second kappa shape index (κ2) is 2.49. The number of hydrogen-bond acceptors (Lipinski definition) is 1. The second-order valence-electron chi connectivity index (χ2n) is 2.93. The Balaban J connectivity index is 2.23. The maximum atomic E-state index is 9.08. The summed E-state index contributed by atoms with van der Waals surface area (Å²) in [6, 6.07) is 0. The van der Waals surface area contributed by atoms with Gasteiger partial charge in [0.05, 0.1) is 6.10 Å². The van der Waals surface area contributed by atoms with Crippen LogP contribution in [-0.4, -0.2) is 11.2 Å².